The van der Waals surface area contributed by atoms with Gasteiger partial charge in [0, 0.05) is 30.1 Å². The van der Waals surface area contributed by atoms with E-state index in [0.29, 0.717) is 35.9 Å². The summed E-state index contributed by atoms with van der Waals surface area (Å²) < 4.78 is 31.4. The molecule has 3 N–H and O–H groups in total. The number of hydrogen-bond donors (Lipinski definition) is 3. The lowest BCUT2D eigenvalue weighted by Crippen LogP contribution is -2.41. The minimum Gasteiger partial charge on any atom is -0.481 e. The molecule has 0 fully saturated rings. The van der Waals surface area contributed by atoms with Crippen LogP contribution in [0.15, 0.2) is 51.5 Å². The Bertz CT molecular complexity index is 1460. The molecule has 0 saturated carbocycles. The van der Waals surface area contributed by atoms with E-state index in [1.54, 1.807) is 19.1 Å². The highest BCUT2D eigenvalue weighted by atomic mass is 35.5. The number of carbonyl (C=O) groups is 2. The van der Waals surface area contributed by atoms with Crippen molar-refractivity contribution in [3.8, 4) is 28.5 Å². The lowest BCUT2D eigenvalue weighted by atomic mass is 10.1. The van der Waals surface area contributed by atoms with Gasteiger partial charge in [0.15, 0.2) is 6.10 Å². The number of aromatic nitrogens is 4. The van der Waals surface area contributed by atoms with E-state index in [0.717, 1.165) is 11.6 Å². The van der Waals surface area contributed by atoms with E-state index in [4.69, 9.17) is 18.9 Å². The van der Waals surface area contributed by atoms with Gasteiger partial charge >= 0.3 is 5.97 Å². The Morgan fingerprint density at radius 1 is 1.02 bits per heavy atom. The Labute approximate surface area is 241 Å². The molecule has 41 heavy (non-hydrogen) atoms. The first-order chi connectivity index (χ1) is 19.3. The third-order valence-corrected chi connectivity index (χ3v) is 5.83. The van der Waals surface area contributed by atoms with Gasteiger partial charge in [-0.2, -0.15) is 9.97 Å². The zero-order chi connectivity index (χ0) is 28.6. The highest BCUT2D eigenvalue weighted by Crippen LogP contribution is 2.28. The predicted octanol–water partition coefficient (Wildman–Crippen LogP) is 4.23. The number of aliphatic carboxylic acids is 1. The number of carboxylic acid groups (broad SMARTS) is 1. The summed E-state index contributed by atoms with van der Waals surface area (Å²) in [6, 6.07) is 10.8. The average Bonchev–Trinajstić information content (AvgIpc) is 3.62. The molecule has 0 spiro atoms. The fraction of sp³-hybridized carbons (Fsp3) is 0.333. The molecule has 218 valence electrons. The van der Waals surface area contributed by atoms with E-state index in [1.165, 1.54) is 12.1 Å². The number of hydrogen-bond acceptors (Lipinski definition) is 10. The predicted molar refractivity (Wildman–Crippen MR) is 147 cm³/mol. The van der Waals surface area contributed by atoms with E-state index in [1.807, 2.05) is 26.0 Å². The first-order valence-electron chi connectivity index (χ1n) is 12.7. The van der Waals surface area contributed by atoms with Gasteiger partial charge in [-0.05, 0) is 49.7 Å². The number of nitrogens with zero attached hydrogens (tertiary/aromatic N) is 4. The normalized spacial score (nSPS) is 12.3. The molecule has 14 heteroatoms. The molecule has 0 aliphatic carbocycles. The molecule has 4 rings (SSSR count). The summed E-state index contributed by atoms with van der Waals surface area (Å²) in [5.41, 5.74) is 0.945. The van der Waals surface area contributed by atoms with Crippen molar-refractivity contribution in [3.05, 3.63) is 65.6 Å². The average molecular weight is 589 g/mol. The van der Waals surface area contributed by atoms with Crippen LogP contribution in [0.5, 0.6) is 5.75 Å². The van der Waals surface area contributed by atoms with E-state index in [-0.39, 0.29) is 42.8 Å². The quantitative estimate of drug-likeness (QED) is 0.204. The smallest absolute Gasteiger partial charge is 0.317 e. The molecule has 2 aromatic carbocycles. The molecule has 2 heterocycles. The number of amides is 1. The Hall–Kier alpha value is -4.36. The number of carbonyl (C=O) groups excluding carboxylic acids is 1. The van der Waals surface area contributed by atoms with E-state index < -0.39 is 29.8 Å². The van der Waals surface area contributed by atoms with Crippen molar-refractivity contribution in [2.45, 2.75) is 45.8 Å². The Morgan fingerprint density at radius 2 is 1.71 bits per heavy atom. The summed E-state index contributed by atoms with van der Waals surface area (Å²) in [7, 11) is 0. The van der Waals surface area contributed by atoms with Crippen LogP contribution >= 0.6 is 12.4 Å². The van der Waals surface area contributed by atoms with Gasteiger partial charge in [0.2, 0.25) is 17.5 Å². The number of halogens is 2. The minimum atomic E-state index is -1.01. The summed E-state index contributed by atoms with van der Waals surface area (Å²) in [6.07, 6.45) is 0.635. The van der Waals surface area contributed by atoms with Crippen molar-refractivity contribution in [1.82, 2.24) is 30.9 Å². The maximum Gasteiger partial charge on any atom is 0.317 e. The zero-order valence-electron chi connectivity index (χ0n) is 22.6. The monoisotopic (exact) mass is 588 g/mol. The van der Waals surface area contributed by atoms with Gasteiger partial charge in [-0.15, -0.1) is 12.4 Å². The van der Waals surface area contributed by atoms with E-state index in [2.05, 4.69) is 30.9 Å². The summed E-state index contributed by atoms with van der Waals surface area (Å²) >= 11 is 0. The molecule has 2 aromatic heterocycles. The number of carboxylic acids is 1. The maximum absolute atomic E-state index is 14.8. The van der Waals surface area contributed by atoms with Crippen molar-refractivity contribution in [2.24, 2.45) is 0 Å². The first kappa shape index (κ1) is 31.2. The molecule has 0 aliphatic rings. The standard InChI is InChI=1S/C27H29FN6O6.ClH/c1-4-21(38-18-9-6-16(7-10-18)24-31-22(5-2)39-33-24)27-32-25(34-40-27)17-8-11-19(20(28)12-17)26(37)30-15(3)13-29-14-23(35)36;/h6-12,15,21,29H,4-5,13-14H2,1-3H3,(H,30,37)(H,35,36);1H/t15-,21?;/m0./s1. The SMILES string of the molecule is CCc1nc(-c2ccc(OC(CC)c3nc(-c4ccc(C(=O)N[C@@H](C)CNCC(=O)O)c(F)c4)no3)cc2)no1.Cl. The Balaban J connectivity index is 0.00000462. The molecular formula is C27H30ClFN6O6. The van der Waals surface area contributed by atoms with Gasteiger partial charge in [0.1, 0.15) is 11.6 Å². The third kappa shape index (κ3) is 8.08. The van der Waals surface area contributed by atoms with E-state index >= 15 is 0 Å². The third-order valence-electron chi connectivity index (χ3n) is 5.83. The topological polar surface area (TPSA) is 166 Å². The molecule has 1 amide bonds. The second-order valence-electron chi connectivity index (χ2n) is 8.95. The summed E-state index contributed by atoms with van der Waals surface area (Å²) in [5.74, 6) is -0.406. The highest BCUT2D eigenvalue weighted by molar-refractivity contribution is 5.95. The Morgan fingerprint density at radius 3 is 2.34 bits per heavy atom. The molecule has 0 aliphatic heterocycles. The Kier molecular flexibility index (Phi) is 10.9. The first-order valence-corrected chi connectivity index (χ1v) is 12.7. The van der Waals surface area contributed by atoms with Crippen molar-refractivity contribution >= 4 is 24.3 Å². The number of nitrogens with one attached hydrogen (secondary N) is 2. The lowest BCUT2D eigenvalue weighted by Gasteiger charge is -2.14. The van der Waals surface area contributed by atoms with Crippen LogP contribution in [-0.4, -0.2) is 56.4 Å². The number of aryl methyl sites for hydroxylation is 1. The molecule has 12 nitrogen and oxygen atoms in total. The number of benzene rings is 2. The summed E-state index contributed by atoms with van der Waals surface area (Å²) in [6.45, 7) is 5.48. The molecular weight excluding hydrogens is 559 g/mol. The van der Waals surface area contributed by atoms with Crippen LogP contribution in [0.4, 0.5) is 4.39 Å². The van der Waals surface area contributed by atoms with Crippen LogP contribution in [0, 0.1) is 5.82 Å². The lowest BCUT2D eigenvalue weighted by molar-refractivity contribution is -0.135. The molecule has 0 radical (unpaired) electrons. The van der Waals surface area contributed by atoms with Crippen molar-refractivity contribution in [3.63, 3.8) is 0 Å². The zero-order valence-corrected chi connectivity index (χ0v) is 23.4. The summed E-state index contributed by atoms with van der Waals surface area (Å²) in [4.78, 5) is 31.8. The molecule has 0 bridgehead atoms. The van der Waals surface area contributed by atoms with Crippen LogP contribution in [-0.2, 0) is 11.2 Å². The van der Waals surface area contributed by atoms with Crippen molar-refractivity contribution < 1.29 is 32.9 Å². The van der Waals surface area contributed by atoms with Crippen LogP contribution in [0.1, 0.15) is 55.4 Å². The van der Waals surface area contributed by atoms with Crippen LogP contribution in [0.2, 0.25) is 0 Å². The maximum atomic E-state index is 14.8. The number of rotatable bonds is 13. The largest absolute Gasteiger partial charge is 0.481 e. The van der Waals surface area contributed by atoms with Crippen LogP contribution < -0.4 is 15.4 Å². The van der Waals surface area contributed by atoms with Gasteiger partial charge in [-0.1, -0.05) is 30.2 Å². The summed E-state index contributed by atoms with van der Waals surface area (Å²) in [5, 5.41) is 21.9. The molecule has 0 saturated heterocycles. The van der Waals surface area contributed by atoms with Crippen LogP contribution in [0.3, 0.4) is 0 Å². The van der Waals surface area contributed by atoms with Gasteiger partial charge in [0.25, 0.3) is 11.8 Å². The molecule has 2 atom stereocenters. The fourth-order valence-electron chi connectivity index (χ4n) is 3.74. The highest BCUT2D eigenvalue weighted by Gasteiger charge is 2.22. The van der Waals surface area contributed by atoms with Gasteiger partial charge in [-0.3, -0.25) is 9.59 Å². The molecule has 4 aromatic rings. The van der Waals surface area contributed by atoms with Gasteiger partial charge in [-0.25, -0.2) is 4.39 Å². The van der Waals surface area contributed by atoms with Crippen molar-refractivity contribution in [1.29, 1.82) is 0 Å². The molecule has 1 unspecified atom stereocenters. The van der Waals surface area contributed by atoms with Gasteiger partial charge < -0.3 is 29.5 Å². The van der Waals surface area contributed by atoms with E-state index in [9.17, 15) is 14.0 Å². The fourth-order valence-corrected chi connectivity index (χ4v) is 3.74. The van der Waals surface area contributed by atoms with Crippen LogP contribution in [0.25, 0.3) is 22.8 Å². The van der Waals surface area contributed by atoms with Gasteiger partial charge in [0.05, 0.1) is 12.1 Å². The number of ether oxygens (including phenoxy) is 1. The van der Waals surface area contributed by atoms with Crippen molar-refractivity contribution in [2.75, 3.05) is 13.1 Å². The minimum absolute atomic E-state index is 0. The second-order valence-corrected chi connectivity index (χ2v) is 8.95. The second kappa shape index (κ2) is 14.3.